The molecule has 2 saturated heterocycles. The summed E-state index contributed by atoms with van der Waals surface area (Å²) in [5, 5.41) is 0. The van der Waals surface area contributed by atoms with Crippen LogP contribution in [0.4, 0.5) is 0 Å². The van der Waals surface area contributed by atoms with Crippen molar-refractivity contribution in [2.24, 2.45) is 0 Å². The minimum absolute atomic E-state index is 0.416. The predicted octanol–water partition coefficient (Wildman–Crippen LogP) is 3.11. The highest BCUT2D eigenvalue weighted by atomic mass is 16.5. The van der Waals surface area contributed by atoms with Gasteiger partial charge in [0.1, 0.15) is 0 Å². The number of likely N-dealkylation sites (N-methyl/N-ethyl adjacent to an activating group) is 2. The molecule has 2 aliphatic rings. The van der Waals surface area contributed by atoms with Crippen LogP contribution in [0.25, 0.3) is 0 Å². The van der Waals surface area contributed by atoms with Gasteiger partial charge in [0, 0.05) is 25.7 Å². The second kappa shape index (κ2) is 14.8. The third kappa shape index (κ3) is 12.1. The fourth-order valence-corrected chi connectivity index (χ4v) is 2.25. The molecule has 0 aromatic heterocycles. The zero-order chi connectivity index (χ0) is 16.8. The summed E-state index contributed by atoms with van der Waals surface area (Å²) in [5.41, 5.74) is 0. The van der Waals surface area contributed by atoms with Crippen LogP contribution in [-0.2, 0) is 9.47 Å². The van der Waals surface area contributed by atoms with Gasteiger partial charge in [0.25, 0.3) is 0 Å². The number of rotatable bonds is 0. The Balaban J connectivity index is 0. The van der Waals surface area contributed by atoms with Gasteiger partial charge in [-0.15, -0.1) is 0 Å². The van der Waals surface area contributed by atoms with Crippen molar-refractivity contribution in [1.29, 1.82) is 0 Å². The molecule has 2 aliphatic heterocycles. The highest BCUT2D eigenvalue weighted by molar-refractivity contribution is 4.69. The Bertz CT molecular complexity index is 180. The van der Waals surface area contributed by atoms with Gasteiger partial charge >= 0.3 is 0 Å². The molecule has 0 spiro atoms. The zero-order valence-corrected chi connectivity index (χ0v) is 16.0. The lowest BCUT2D eigenvalue weighted by Crippen LogP contribution is -2.42. The smallest absolute Gasteiger partial charge is 0.0678 e. The highest BCUT2D eigenvalue weighted by Crippen LogP contribution is 2.07. The summed E-state index contributed by atoms with van der Waals surface area (Å²) >= 11 is 0. The zero-order valence-electron chi connectivity index (χ0n) is 16.0. The minimum atomic E-state index is 0.416. The molecular weight excluding hydrogens is 264 g/mol. The van der Waals surface area contributed by atoms with E-state index in [-0.39, 0.29) is 0 Å². The summed E-state index contributed by atoms with van der Waals surface area (Å²) in [4.78, 5) is 4.61. The van der Waals surface area contributed by atoms with Crippen LogP contribution < -0.4 is 0 Å². The van der Waals surface area contributed by atoms with E-state index in [2.05, 4.69) is 44.7 Å². The first-order chi connectivity index (χ1) is 9.99. The van der Waals surface area contributed by atoms with Crippen LogP contribution in [0.5, 0.6) is 0 Å². The van der Waals surface area contributed by atoms with E-state index in [0.29, 0.717) is 18.2 Å². The normalized spacial score (nSPS) is 29.9. The van der Waals surface area contributed by atoms with Crippen molar-refractivity contribution in [3.8, 4) is 0 Å². The number of nitrogens with zero attached hydrogens (tertiary/aromatic N) is 2. The Morgan fingerprint density at radius 3 is 1.62 bits per heavy atom. The molecule has 3 atom stereocenters. The summed E-state index contributed by atoms with van der Waals surface area (Å²) in [6, 6.07) is 0.615. The fraction of sp³-hybridized carbons (Fsp3) is 1.00. The number of hydrogen-bond acceptors (Lipinski definition) is 4. The second-order valence-corrected chi connectivity index (χ2v) is 5.38. The van der Waals surface area contributed by atoms with E-state index < -0.39 is 0 Å². The van der Waals surface area contributed by atoms with Crippen LogP contribution in [0.3, 0.4) is 0 Å². The Morgan fingerprint density at radius 2 is 1.33 bits per heavy atom. The molecular formula is C17H40N2O2. The van der Waals surface area contributed by atoms with E-state index in [0.717, 1.165) is 32.8 Å². The molecule has 2 fully saturated rings. The lowest BCUT2D eigenvalue weighted by molar-refractivity contribution is -0.0602. The van der Waals surface area contributed by atoms with Gasteiger partial charge in [-0.05, 0) is 34.9 Å². The molecule has 0 aromatic carbocycles. The Labute approximate surface area is 133 Å². The maximum atomic E-state index is 5.51. The van der Waals surface area contributed by atoms with Crippen molar-refractivity contribution in [2.45, 2.75) is 66.7 Å². The van der Waals surface area contributed by atoms with Crippen LogP contribution in [0.1, 0.15) is 48.5 Å². The van der Waals surface area contributed by atoms with Crippen molar-refractivity contribution in [2.75, 3.05) is 46.9 Å². The summed E-state index contributed by atoms with van der Waals surface area (Å²) < 4.78 is 10.7. The average Bonchev–Trinajstić information content (AvgIpc) is 2.46. The molecule has 0 aliphatic carbocycles. The van der Waals surface area contributed by atoms with Gasteiger partial charge in [-0.1, -0.05) is 27.7 Å². The van der Waals surface area contributed by atoms with E-state index in [4.69, 9.17) is 9.47 Å². The Hall–Kier alpha value is -0.160. The average molecular weight is 305 g/mol. The van der Waals surface area contributed by atoms with Gasteiger partial charge in [0.15, 0.2) is 0 Å². The summed E-state index contributed by atoms with van der Waals surface area (Å²) in [5.74, 6) is 0. The molecule has 130 valence electrons. The van der Waals surface area contributed by atoms with Crippen molar-refractivity contribution in [3.05, 3.63) is 0 Å². The molecule has 4 nitrogen and oxygen atoms in total. The maximum absolute atomic E-state index is 5.51. The van der Waals surface area contributed by atoms with E-state index >= 15 is 0 Å². The number of hydrogen-bond donors (Lipinski definition) is 0. The van der Waals surface area contributed by atoms with Crippen LogP contribution in [-0.4, -0.2) is 75.0 Å². The van der Waals surface area contributed by atoms with Crippen LogP contribution in [0.15, 0.2) is 0 Å². The maximum Gasteiger partial charge on any atom is 0.0678 e. The summed E-state index contributed by atoms with van der Waals surface area (Å²) in [6.45, 7) is 19.4. The quantitative estimate of drug-likeness (QED) is 0.686. The van der Waals surface area contributed by atoms with Crippen molar-refractivity contribution in [1.82, 2.24) is 9.80 Å². The van der Waals surface area contributed by atoms with Gasteiger partial charge in [0.05, 0.1) is 25.4 Å². The predicted molar refractivity (Wildman–Crippen MR) is 93.1 cm³/mol. The molecule has 3 unspecified atom stereocenters. The molecule has 0 bridgehead atoms. The Morgan fingerprint density at radius 1 is 0.857 bits per heavy atom. The molecule has 0 saturated carbocycles. The number of ether oxygens (including phenoxy) is 2. The molecule has 21 heavy (non-hydrogen) atoms. The van der Waals surface area contributed by atoms with Gasteiger partial charge in [-0.25, -0.2) is 0 Å². The first-order valence-electron chi connectivity index (χ1n) is 8.61. The SMILES string of the molecule is CC.CC.CC1CN(C)CC(C)O1.CC1COCCN1C. The van der Waals surface area contributed by atoms with Gasteiger partial charge in [0.2, 0.25) is 0 Å². The lowest BCUT2D eigenvalue weighted by atomic mass is 10.2. The monoisotopic (exact) mass is 304 g/mol. The first-order valence-corrected chi connectivity index (χ1v) is 8.61. The van der Waals surface area contributed by atoms with E-state index in [9.17, 15) is 0 Å². The molecule has 0 aromatic rings. The molecule has 4 heteroatoms. The van der Waals surface area contributed by atoms with E-state index in [1.807, 2.05) is 27.7 Å². The van der Waals surface area contributed by atoms with Crippen molar-refractivity contribution >= 4 is 0 Å². The van der Waals surface area contributed by atoms with Crippen LogP contribution in [0, 0.1) is 0 Å². The third-order valence-corrected chi connectivity index (χ3v) is 3.30. The molecule has 0 amide bonds. The van der Waals surface area contributed by atoms with Crippen LogP contribution >= 0.6 is 0 Å². The lowest BCUT2D eigenvalue weighted by Gasteiger charge is -2.32. The number of morpholine rings is 2. The summed E-state index contributed by atoms with van der Waals surface area (Å²) in [7, 11) is 4.27. The highest BCUT2D eigenvalue weighted by Gasteiger charge is 2.18. The molecule has 0 N–H and O–H groups in total. The largest absolute Gasteiger partial charge is 0.379 e. The minimum Gasteiger partial charge on any atom is -0.379 e. The van der Waals surface area contributed by atoms with Gasteiger partial charge < -0.3 is 14.4 Å². The molecule has 2 rings (SSSR count). The van der Waals surface area contributed by atoms with E-state index in [1.165, 1.54) is 0 Å². The van der Waals surface area contributed by atoms with Crippen LogP contribution in [0.2, 0.25) is 0 Å². The second-order valence-electron chi connectivity index (χ2n) is 5.38. The van der Waals surface area contributed by atoms with E-state index in [1.54, 1.807) is 0 Å². The van der Waals surface area contributed by atoms with Crippen molar-refractivity contribution < 1.29 is 9.47 Å². The first kappa shape index (κ1) is 23.1. The fourth-order valence-electron chi connectivity index (χ4n) is 2.25. The Kier molecular flexibility index (Phi) is 16.2. The van der Waals surface area contributed by atoms with Gasteiger partial charge in [-0.2, -0.15) is 0 Å². The van der Waals surface area contributed by atoms with Gasteiger partial charge in [-0.3, -0.25) is 4.90 Å². The third-order valence-electron chi connectivity index (χ3n) is 3.30. The van der Waals surface area contributed by atoms with Crippen molar-refractivity contribution in [3.63, 3.8) is 0 Å². The molecule has 0 radical (unpaired) electrons. The summed E-state index contributed by atoms with van der Waals surface area (Å²) in [6.07, 6.45) is 0.831. The molecule has 2 heterocycles. The topological polar surface area (TPSA) is 24.9 Å². The standard InChI is InChI=1S/C7H15NO.C6H13NO.2C2H6/c1-6-4-8(3)5-7(2)9-6;1-6-5-8-4-3-7(6)2;2*1-2/h6-7H,4-5H2,1-3H3;6H,3-5H2,1-2H3;2*1-2H3.